The predicted molar refractivity (Wildman–Crippen MR) is 82.4 cm³/mol. The van der Waals surface area contributed by atoms with Crippen molar-refractivity contribution in [3.63, 3.8) is 0 Å². The maximum atomic E-state index is 5.83. The minimum absolute atomic E-state index is 0.621. The van der Waals surface area contributed by atoms with Crippen LogP contribution in [-0.4, -0.2) is 13.2 Å². The molecule has 2 aromatic carbocycles. The standard InChI is InChI=1S/C17H21NO2/c1-13-7-9-15(10-8-13)19-11-4-12-20-17-6-3-5-16(18)14(17)2/h3,5-10H,4,11-12,18H2,1-2H3. The van der Waals surface area contributed by atoms with E-state index >= 15 is 0 Å². The summed E-state index contributed by atoms with van der Waals surface area (Å²) in [5.74, 6) is 1.75. The van der Waals surface area contributed by atoms with Crippen LogP contribution in [0.3, 0.4) is 0 Å². The summed E-state index contributed by atoms with van der Waals surface area (Å²) in [6.45, 7) is 5.29. The maximum Gasteiger partial charge on any atom is 0.124 e. The van der Waals surface area contributed by atoms with Gasteiger partial charge in [0, 0.05) is 17.7 Å². The average Bonchev–Trinajstić information content (AvgIpc) is 2.45. The number of nitrogen functional groups attached to an aromatic ring is 1. The molecule has 0 saturated carbocycles. The molecule has 3 nitrogen and oxygen atoms in total. The van der Waals surface area contributed by atoms with Gasteiger partial charge in [-0.2, -0.15) is 0 Å². The number of anilines is 1. The average molecular weight is 271 g/mol. The lowest BCUT2D eigenvalue weighted by Gasteiger charge is -2.11. The predicted octanol–water partition coefficient (Wildman–Crippen LogP) is 3.73. The minimum atomic E-state index is 0.621. The molecule has 0 bridgehead atoms. The molecule has 2 rings (SSSR count). The Morgan fingerprint density at radius 3 is 2.35 bits per heavy atom. The Balaban J connectivity index is 1.71. The third-order valence-corrected chi connectivity index (χ3v) is 3.16. The van der Waals surface area contributed by atoms with Crippen LogP contribution >= 0.6 is 0 Å². The van der Waals surface area contributed by atoms with E-state index in [2.05, 4.69) is 6.92 Å². The molecule has 0 aliphatic rings. The Labute approximate surface area is 120 Å². The summed E-state index contributed by atoms with van der Waals surface area (Å²) in [7, 11) is 0. The van der Waals surface area contributed by atoms with Crippen LogP contribution in [0.4, 0.5) is 5.69 Å². The summed E-state index contributed by atoms with van der Waals surface area (Å²) in [5.41, 5.74) is 8.82. The van der Waals surface area contributed by atoms with E-state index in [0.717, 1.165) is 29.2 Å². The Hall–Kier alpha value is -2.16. The van der Waals surface area contributed by atoms with Crippen molar-refractivity contribution in [2.45, 2.75) is 20.3 Å². The Morgan fingerprint density at radius 2 is 1.60 bits per heavy atom. The highest BCUT2D eigenvalue weighted by Crippen LogP contribution is 2.22. The largest absolute Gasteiger partial charge is 0.493 e. The van der Waals surface area contributed by atoms with Gasteiger partial charge in [-0.1, -0.05) is 23.8 Å². The highest BCUT2D eigenvalue weighted by Gasteiger charge is 2.02. The van der Waals surface area contributed by atoms with Gasteiger partial charge in [0.25, 0.3) is 0 Å². The number of aryl methyl sites for hydroxylation is 1. The third kappa shape index (κ3) is 3.92. The summed E-state index contributed by atoms with van der Waals surface area (Å²) in [6.07, 6.45) is 0.835. The van der Waals surface area contributed by atoms with E-state index in [9.17, 15) is 0 Å². The molecular formula is C17H21NO2. The van der Waals surface area contributed by atoms with Gasteiger partial charge in [-0.05, 0) is 38.1 Å². The first-order chi connectivity index (χ1) is 9.66. The SMILES string of the molecule is Cc1ccc(OCCCOc2cccc(N)c2C)cc1. The number of benzene rings is 2. The summed E-state index contributed by atoms with van der Waals surface area (Å²) in [4.78, 5) is 0. The molecule has 3 heteroatoms. The Morgan fingerprint density at radius 1 is 0.900 bits per heavy atom. The van der Waals surface area contributed by atoms with Crippen molar-refractivity contribution in [3.05, 3.63) is 53.6 Å². The lowest BCUT2D eigenvalue weighted by molar-refractivity contribution is 0.246. The number of nitrogens with two attached hydrogens (primary N) is 1. The quantitative estimate of drug-likeness (QED) is 0.643. The molecule has 0 atom stereocenters. The number of rotatable bonds is 6. The third-order valence-electron chi connectivity index (χ3n) is 3.16. The molecule has 0 radical (unpaired) electrons. The fourth-order valence-corrected chi connectivity index (χ4v) is 1.85. The summed E-state index contributed by atoms with van der Waals surface area (Å²) < 4.78 is 11.4. The smallest absolute Gasteiger partial charge is 0.124 e. The Kier molecular flexibility index (Phi) is 4.88. The highest BCUT2D eigenvalue weighted by molar-refractivity contribution is 5.53. The zero-order valence-electron chi connectivity index (χ0n) is 12.1. The van der Waals surface area contributed by atoms with Gasteiger partial charge in [0.05, 0.1) is 13.2 Å². The molecule has 2 N–H and O–H groups in total. The van der Waals surface area contributed by atoms with Gasteiger partial charge < -0.3 is 15.2 Å². The molecule has 2 aromatic rings. The second-order valence-electron chi connectivity index (χ2n) is 4.83. The first-order valence-electron chi connectivity index (χ1n) is 6.84. The second-order valence-corrected chi connectivity index (χ2v) is 4.83. The molecule has 20 heavy (non-hydrogen) atoms. The van der Waals surface area contributed by atoms with E-state index in [4.69, 9.17) is 15.2 Å². The zero-order valence-corrected chi connectivity index (χ0v) is 12.1. The number of ether oxygens (including phenoxy) is 2. The monoisotopic (exact) mass is 271 g/mol. The Bertz CT molecular complexity index is 549. The summed E-state index contributed by atoms with van der Waals surface area (Å²) in [6, 6.07) is 13.8. The molecule has 0 heterocycles. The van der Waals surface area contributed by atoms with E-state index in [1.165, 1.54) is 5.56 Å². The van der Waals surface area contributed by atoms with Crippen LogP contribution in [0.2, 0.25) is 0 Å². The molecule has 0 saturated heterocycles. The van der Waals surface area contributed by atoms with E-state index < -0.39 is 0 Å². The van der Waals surface area contributed by atoms with Crippen molar-refractivity contribution < 1.29 is 9.47 Å². The summed E-state index contributed by atoms with van der Waals surface area (Å²) in [5, 5.41) is 0. The molecule has 0 aliphatic heterocycles. The first kappa shape index (κ1) is 14.3. The molecular weight excluding hydrogens is 250 g/mol. The fourth-order valence-electron chi connectivity index (χ4n) is 1.85. The molecule has 0 fully saturated rings. The van der Waals surface area contributed by atoms with Crippen molar-refractivity contribution in [1.82, 2.24) is 0 Å². The van der Waals surface area contributed by atoms with Crippen LogP contribution in [0.25, 0.3) is 0 Å². The van der Waals surface area contributed by atoms with Gasteiger partial charge in [-0.15, -0.1) is 0 Å². The van der Waals surface area contributed by atoms with Crippen LogP contribution in [0.5, 0.6) is 11.5 Å². The summed E-state index contributed by atoms with van der Waals surface area (Å²) >= 11 is 0. The van der Waals surface area contributed by atoms with Crippen LogP contribution in [-0.2, 0) is 0 Å². The molecule has 0 unspecified atom stereocenters. The van der Waals surface area contributed by atoms with Gasteiger partial charge in [0.1, 0.15) is 11.5 Å². The van der Waals surface area contributed by atoms with Gasteiger partial charge in [-0.3, -0.25) is 0 Å². The normalized spacial score (nSPS) is 10.3. The van der Waals surface area contributed by atoms with E-state index in [1.807, 2.05) is 49.4 Å². The lowest BCUT2D eigenvalue weighted by Crippen LogP contribution is -2.06. The van der Waals surface area contributed by atoms with Crippen molar-refractivity contribution in [3.8, 4) is 11.5 Å². The molecule has 0 amide bonds. The molecule has 106 valence electrons. The second kappa shape index (κ2) is 6.85. The van der Waals surface area contributed by atoms with Gasteiger partial charge in [-0.25, -0.2) is 0 Å². The topological polar surface area (TPSA) is 44.5 Å². The number of hydrogen-bond donors (Lipinski definition) is 1. The van der Waals surface area contributed by atoms with E-state index in [0.29, 0.717) is 13.2 Å². The molecule has 0 spiro atoms. The van der Waals surface area contributed by atoms with Gasteiger partial charge in [0.15, 0.2) is 0 Å². The highest BCUT2D eigenvalue weighted by atomic mass is 16.5. The van der Waals surface area contributed by atoms with Crippen molar-refractivity contribution >= 4 is 5.69 Å². The van der Waals surface area contributed by atoms with Crippen molar-refractivity contribution in [1.29, 1.82) is 0 Å². The minimum Gasteiger partial charge on any atom is -0.493 e. The zero-order chi connectivity index (χ0) is 14.4. The fraction of sp³-hybridized carbons (Fsp3) is 0.294. The molecule has 0 aliphatic carbocycles. The van der Waals surface area contributed by atoms with E-state index in [1.54, 1.807) is 0 Å². The van der Waals surface area contributed by atoms with Gasteiger partial charge in [0.2, 0.25) is 0 Å². The van der Waals surface area contributed by atoms with Crippen LogP contribution in [0, 0.1) is 13.8 Å². The van der Waals surface area contributed by atoms with Crippen LogP contribution in [0.1, 0.15) is 17.5 Å². The maximum absolute atomic E-state index is 5.83. The van der Waals surface area contributed by atoms with Crippen LogP contribution < -0.4 is 15.2 Å². The number of hydrogen-bond acceptors (Lipinski definition) is 3. The van der Waals surface area contributed by atoms with E-state index in [-0.39, 0.29) is 0 Å². The molecule has 0 aromatic heterocycles. The van der Waals surface area contributed by atoms with Crippen LogP contribution in [0.15, 0.2) is 42.5 Å². The van der Waals surface area contributed by atoms with Crippen molar-refractivity contribution in [2.24, 2.45) is 0 Å². The van der Waals surface area contributed by atoms with Crippen molar-refractivity contribution in [2.75, 3.05) is 18.9 Å². The lowest BCUT2D eigenvalue weighted by atomic mass is 10.2. The van der Waals surface area contributed by atoms with Gasteiger partial charge >= 0.3 is 0 Å². The first-order valence-corrected chi connectivity index (χ1v) is 6.84.